The highest BCUT2D eigenvalue weighted by atomic mass is 16.2. The number of benzene rings is 2. The minimum absolute atomic E-state index is 0.304. The predicted octanol–water partition coefficient (Wildman–Crippen LogP) is 2.20. The molecule has 0 saturated carbocycles. The van der Waals surface area contributed by atoms with Gasteiger partial charge in [-0.05, 0) is 23.8 Å². The summed E-state index contributed by atoms with van der Waals surface area (Å²) in [6.07, 6.45) is 0. The molecule has 0 aliphatic heterocycles. The van der Waals surface area contributed by atoms with E-state index < -0.39 is 6.04 Å². The Kier molecular flexibility index (Phi) is 3.91. The standard InChI is InChI=1S/C15H13N3O/c16-10-11-5-4-8-13(9-11)18-15(19)14(17)12-6-2-1-3-7-12/h1-9,14H,17H2,(H,18,19)/t14-/m1/s1. The van der Waals surface area contributed by atoms with Crippen LogP contribution in [0, 0.1) is 11.3 Å². The van der Waals surface area contributed by atoms with Crippen molar-refractivity contribution in [2.45, 2.75) is 6.04 Å². The van der Waals surface area contributed by atoms with E-state index in [2.05, 4.69) is 5.32 Å². The lowest BCUT2D eigenvalue weighted by atomic mass is 10.1. The Labute approximate surface area is 111 Å². The number of nitrogens with one attached hydrogen (secondary N) is 1. The van der Waals surface area contributed by atoms with Gasteiger partial charge in [0.1, 0.15) is 6.04 Å². The zero-order valence-electron chi connectivity index (χ0n) is 10.2. The van der Waals surface area contributed by atoms with Crippen LogP contribution in [-0.4, -0.2) is 5.91 Å². The second-order valence-electron chi connectivity index (χ2n) is 4.07. The van der Waals surface area contributed by atoms with E-state index in [0.29, 0.717) is 11.3 Å². The number of hydrogen-bond donors (Lipinski definition) is 2. The molecule has 2 rings (SSSR count). The van der Waals surface area contributed by atoms with Crippen molar-refractivity contribution in [3.8, 4) is 6.07 Å². The fourth-order valence-electron chi connectivity index (χ4n) is 1.70. The number of nitriles is 1. The average molecular weight is 251 g/mol. The van der Waals surface area contributed by atoms with Crippen LogP contribution in [0.2, 0.25) is 0 Å². The summed E-state index contributed by atoms with van der Waals surface area (Å²) in [4.78, 5) is 12.0. The van der Waals surface area contributed by atoms with E-state index in [1.807, 2.05) is 24.3 Å². The molecule has 0 fully saturated rings. The maximum Gasteiger partial charge on any atom is 0.245 e. The average Bonchev–Trinajstić information content (AvgIpc) is 2.47. The number of hydrogen-bond acceptors (Lipinski definition) is 3. The monoisotopic (exact) mass is 251 g/mol. The highest BCUT2D eigenvalue weighted by Crippen LogP contribution is 2.14. The third kappa shape index (κ3) is 3.18. The van der Waals surface area contributed by atoms with Crippen LogP contribution in [0.5, 0.6) is 0 Å². The maximum atomic E-state index is 12.0. The summed E-state index contributed by atoms with van der Waals surface area (Å²) in [5.74, 6) is -0.304. The molecule has 1 atom stereocenters. The number of nitrogens with two attached hydrogens (primary N) is 1. The summed E-state index contributed by atoms with van der Waals surface area (Å²) >= 11 is 0. The first kappa shape index (κ1) is 12.8. The van der Waals surface area contributed by atoms with Gasteiger partial charge in [0.05, 0.1) is 11.6 Å². The van der Waals surface area contributed by atoms with Gasteiger partial charge in [-0.2, -0.15) is 5.26 Å². The fraction of sp³-hybridized carbons (Fsp3) is 0.0667. The zero-order valence-corrected chi connectivity index (χ0v) is 10.2. The number of carbonyl (C=O) groups excluding carboxylic acids is 1. The fourth-order valence-corrected chi connectivity index (χ4v) is 1.70. The number of carbonyl (C=O) groups is 1. The van der Waals surface area contributed by atoms with Crippen LogP contribution >= 0.6 is 0 Å². The summed E-state index contributed by atoms with van der Waals surface area (Å²) in [6, 6.07) is 17.1. The van der Waals surface area contributed by atoms with Gasteiger partial charge in [0.2, 0.25) is 5.91 Å². The third-order valence-electron chi connectivity index (χ3n) is 2.70. The first-order chi connectivity index (χ1) is 9.20. The quantitative estimate of drug-likeness (QED) is 0.877. The van der Waals surface area contributed by atoms with E-state index in [0.717, 1.165) is 5.56 Å². The number of anilines is 1. The van der Waals surface area contributed by atoms with Gasteiger partial charge < -0.3 is 11.1 Å². The largest absolute Gasteiger partial charge is 0.324 e. The van der Waals surface area contributed by atoms with Crippen molar-refractivity contribution in [2.75, 3.05) is 5.32 Å². The van der Waals surface area contributed by atoms with Gasteiger partial charge in [-0.25, -0.2) is 0 Å². The number of rotatable bonds is 3. The second kappa shape index (κ2) is 5.80. The van der Waals surface area contributed by atoms with Crippen molar-refractivity contribution in [1.29, 1.82) is 5.26 Å². The highest BCUT2D eigenvalue weighted by Gasteiger charge is 2.15. The van der Waals surface area contributed by atoms with Gasteiger partial charge in [0, 0.05) is 5.69 Å². The minimum atomic E-state index is -0.730. The van der Waals surface area contributed by atoms with E-state index in [-0.39, 0.29) is 5.91 Å². The van der Waals surface area contributed by atoms with Crippen molar-refractivity contribution < 1.29 is 4.79 Å². The first-order valence-electron chi connectivity index (χ1n) is 5.82. The second-order valence-corrected chi connectivity index (χ2v) is 4.07. The number of nitrogens with zero attached hydrogens (tertiary/aromatic N) is 1. The Hall–Kier alpha value is -2.64. The summed E-state index contributed by atoms with van der Waals surface area (Å²) in [7, 11) is 0. The molecule has 0 aliphatic rings. The van der Waals surface area contributed by atoms with Gasteiger partial charge in [-0.15, -0.1) is 0 Å². The minimum Gasteiger partial charge on any atom is -0.324 e. The smallest absolute Gasteiger partial charge is 0.245 e. The van der Waals surface area contributed by atoms with Crippen LogP contribution < -0.4 is 11.1 Å². The van der Waals surface area contributed by atoms with Crippen molar-refractivity contribution in [1.82, 2.24) is 0 Å². The van der Waals surface area contributed by atoms with E-state index >= 15 is 0 Å². The Morgan fingerprint density at radius 2 is 1.89 bits per heavy atom. The Balaban J connectivity index is 2.11. The topological polar surface area (TPSA) is 78.9 Å². The lowest BCUT2D eigenvalue weighted by molar-refractivity contribution is -0.117. The normalized spacial score (nSPS) is 11.4. The molecule has 2 aromatic rings. The summed E-state index contributed by atoms with van der Waals surface area (Å²) < 4.78 is 0. The summed E-state index contributed by atoms with van der Waals surface area (Å²) in [5.41, 5.74) is 7.68. The van der Waals surface area contributed by atoms with Crippen LogP contribution in [0.25, 0.3) is 0 Å². The lowest BCUT2D eigenvalue weighted by Crippen LogP contribution is -2.27. The van der Waals surface area contributed by atoms with Crippen molar-refractivity contribution >= 4 is 11.6 Å². The zero-order chi connectivity index (χ0) is 13.7. The van der Waals surface area contributed by atoms with Crippen LogP contribution in [0.1, 0.15) is 17.2 Å². The van der Waals surface area contributed by atoms with Gasteiger partial charge in [-0.3, -0.25) is 4.79 Å². The molecule has 3 N–H and O–H groups in total. The molecule has 94 valence electrons. The third-order valence-corrected chi connectivity index (χ3v) is 2.70. The maximum absolute atomic E-state index is 12.0. The summed E-state index contributed by atoms with van der Waals surface area (Å²) in [6.45, 7) is 0. The molecule has 19 heavy (non-hydrogen) atoms. The molecule has 4 nitrogen and oxygen atoms in total. The lowest BCUT2D eigenvalue weighted by Gasteiger charge is -2.12. The molecule has 0 spiro atoms. The molecular weight excluding hydrogens is 238 g/mol. The van der Waals surface area contributed by atoms with Gasteiger partial charge in [-0.1, -0.05) is 36.4 Å². The Morgan fingerprint density at radius 1 is 1.16 bits per heavy atom. The van der Waals surface area contributed by atoms with Gasteiger partial charge >= 0.3 is 0 Å². The summed E-state index contributed by atoms with van der Waals surface area (Å²) in [5, 5.41) is 11.5. The molecule has 1 amide bonds. The molecule has 0 aliphatic carbocycles. The molecule has 0 radical (unpaired) electrons. The van der Waals surface area contributed by atoms with Crippen molar-refractivity contribution in [2.24, 2.45) is 5.73 Å². The van der Waals surface area contributed by atoms with E-state index in [1.54, 1.807) is 36.4 Å². The SMILES string of the molecule is N#Cc1cccc(NC(=O)[C@H](N)c2ccccc2)c1. The molecule has 0 unspecified atom stereocenters. The van der Waals surface area contributed by atoms with Crippen LogP contribution in [0.4, 0.5) is 5.69 Å². The molecule has 2 aromatic carbocycles. The predicted molar refractivity (Wildman–Crippen MR) is 73.2 cm³/mol. The van der Waals surface area contributed by atoms with Crippen molar-refractivity contribution in [3.63, 3.8) is 0 Å². The van der Waals surface area contributed by atoms with E-state index in [9.17, 15) is 4.79 Å². The molecule has 0 bridgehead atoms. The van der Waals surface area contributed by atoms with E-state index in [1.165, 1.54) is 0 Å². The number of amides is 1. The molecule has 0 heterocycles. The Bertz CT molecular complexity index is 617. The van der Waals surface area contributed by atoms with E-state index in [4.69, 9.17) is 11.0 Å². The van der Waals surface area contributed by atoms with Crippen molar-refractivity contribution in [3.05, 3.63) is 65.7 Å². The molecule has 0 aromatic heterocycles. The molecule has 4 heteroatoms. The highest BCUT2D eigenvalue weighted by molar-refractivity contribution is 5.95. The van der Waals surface area contributed by atoms with Crippen LogP contribution in [0.15, 0.2) is 54.6 Å². The molecular formula is C15H13N3O. The van der Waals surface area contributed by atoms with Gasteiger partial charge in [0.25, 0.3) is 0 Å². The molecule has 0 saturated heterocycles. The van der Waals surface area contributed by atoms with Gasteiger partial charge in [0.15, 0.2) is 0 Å². The first-order valence-corrected chi connectivity index (χ1v) is 5.82. The van der Waals surface area contributed by atoms with Crippen LogP contribution in [-0.2, 0) is 4.79 Å². The van der Waals surface area contributed by atoms with Crippen LogP contribution in [0.3, 0.4) is 0 Å². The Morgan fingerprint density at radius 3 is 2.58 bits per heavy atom.